The van der Waals surface area contributed by atoms with Crippen LogP contribution < -0.4 is 5.32 Å². The zero-order valence-electron chi connectivity index (χ0n) is 37.9. The van der Waals surface area contributed by atoms with E-state index in [0.717, 1.165) is 103 Å². The van der Waals surface area contributed by atoms with Gasteiger partial charge >= 0.3 is 12.0 Å². The van der Waals surface area contributed by atoms with Crippen LogP contribution in [0.15, 0.2) is 0 Å². The topological polar surface area (TPSA) is 115 Å². The Bertz CT molecular complexity index is 921. The molecule has 0 aromatic heterocycles. The van der Waals surface area contributed by atoms with E-state index in [1.54, 1.807) is 4.90 Å². The predicted molar refractivity (Wildman–Crippen MR) is 240 cm³/mol. The number of β-amino-alcohol motifs (C(OH)–C–C–N with tert-alkyl or cyclic N) is 1. The number of rotatable bonds is 43. The van der Waals surface area contributed by atoms with Gasteiger partial charge in [0.15, 0.2) is 5.90 Å². The molecule has 1 heterocycles. The quantitative estimate of drug-likeness (QED) is 0.0245. The van der Waals surface area contributed by atoms with E-state index in [1.165, 1.54) is 128 Å². The Morgan fingerprint density at radius 2 is 1.09 bits per heavy atom. The minimum absolute atomic E-state index is 0.00495. The van der Waals surface area contributed by atoms with Crippen molar-refractivity contribution in [2.75, 3.05) is 39.3 Å². The highest BCUT2D eigenvalue weighted by Crippen LogP contribution is 2.19. The molecule has 3 N–H and O–H groups in total. The van der Waals surface area contributed by atoms with Crippen molar-refractivity contribution in [1.82, 2.24) is 15.1 Å². The first-order valence-electron chi connectivity index (χ1n) is 24.8. The van der Waals surface area contributed by atoms with Gasteiger partial charge in [-0.3, -0.25) is 15.1 Å². The standard InChI is InChI=1S/C48H94N4O5/c1-4-7-10-13-16-25-32-42-56-45(49)36-28-21-17-23-30-38-51(40-33-41-52-46(53)43-50-48(52)55)39-31-24-18-22-29-37-47(54)57-44(34-26-19-14-11-8-5-2)35-27-20-15-12-9-6-3/h44,46,49,53H,4-43H2,1-3H3,(H,50,55). The molecular formula is C48H94N4O5. The lowest BCUT2D eigenvalue weighted by Gasteiger charge is -2.24. The van der Waals surface area contributed by atoms with Gasteiger partial charge in [0.2, 0.25) is 0 Å². The van der Waals surface area contributed by atoms with Gasteiger partial charge in [-0.1, -0.05) is 162 Å². The summed E-state index contributed by atoms with van der Waals surface area (Å²) in [7, 11) is 0. The molecule has 57 heavy (non-hydrogen) atoms. The SMILES string of the molecule is CCCCCCCCCOC(=N)CCCCCCCN(CCCCCCCC(=O)OC(CCCCCCCC)CCCCCCCC)CCCN1C(=O)NCC1O. The maximum atomic E-state index is 12.8. The molecular weight excluding hydrogens is 713 g/mol. The van der Waals surface area contributed by atoms with Crippen LogP contribution in [0.4, 0.5) is 4.79 Å². The van der Waals surface area contributed by atoms with Gasteiger partial charge in [0, 0.05) is 19.4 Å². The zero-order valence-corrected chi connectivity index (χ0v) is 37.9. The van der Waals surface area contributed by atoms with Crippen molar-refractivity contribution in [3.8, 4) is 0 Å². The summed E-state index contributed by atoms with van der Waals surface area (Å²) in [5.74, 6) is 0.459. The van der Waals surface area contributed by atoms with Crippen molar-refractivity contribution in [1.29, 1.82) is 5.41 Å². The van der Waals surface area contributed by atoms with Crippen LogP contribution in [0.25, 0.3) is 0 Å². The van der Waals surface area contributed by atoms with Gasteiger partial charge in [-0.2, -0.15) is 0 Å². The Hall–Kier alpha value is -1.87. The van der Waals surface area contributed by atoms with Crippen LogP contribution in [0.2, 0.25) is 0 Å². The van der Waals surface area contributed by atoms with Gasteiger partial charge in [-0.05, 0) is 83.8 Å². The lowest BCUT2D eigenvalue weighted by Crippen LogP contribution is -2.37. The summed E-state index contributed by atoms with van der Waals surface area (Å²) >= 11 is 0. The largest absolute Gasteiger partial charge is 0.481 e. The summed E-state index contributed by atoms with van der Waals surface area (Å²) in [4.78, 5) is 29.0. The van der Waals surface area contributed by atoms with Crippen molar-refractivity contribution in [2.45, 2.75) is 251 Å². The number of aliphatic hydroxyl groups excluding tert-OH is 1. The molecule has 1 aliphatic heterocycles. The fourth-order valence-electron chi connectivity index (χ4n) is 8.00. The smallest absolute Gasteiger partial charge is 0.319 e. The number of hydrogen-bond donors (Lipinski definition) is 3. The van der Waals surface area contributed by atoms with Crippen LogP contribution in [-0.2, 0) is 14.3 Å². The molecule has 336 valence electrons. The molecule has 0 aliphatic carbocycles. The monoisotopic (exact) mass is 807 g/mol. The summed E-state index contributed by atoms with van der Waals surface area (Å²) in [6, 6.07) is -0.166. The van der Waals surface area contributed by atoms with Crippen molar-refractivity contribution >= 4 is 17.9 Å². The number of nitrogens with zero attached hydrogens (tertiary/aromatic N) is 2. The van der Waals surface area contributed by atoms with E-state index in [9.17, 15) is 14.7 Å². The van der Waals surface area contributed by atoms with E-state index < -0.39 is 6.23 Å². The van der Waals surface area contributed by atoms with Gasteiger partial charge < -0.3 is 24.8 Å². The number of urea groups is 1. The number of hydrogen-bond acceptors (Lipinski definition) is 7. The summed E-state index contributed by atoms with van der Waals surface area (Å²) < 4.78 is 11.7. The lowest BCUT2D eigenvalue weighted by atomic mass is 10.0. The van der Waals surface area contributed by atoms with Crippen LogP contribution in [0.5, 0.6) is 0 Å². The van der Waals surface area contributed by atoms with Crippen molar-refractivity contribution in [3.63, 3.8) is 0 Å². The molecule has 0 radical (unpaired) electrons. The number of ether oxygens (including phenoxy) is 2. The molecule has 9 heteroatoms. The molecule has 1 fully saturated rings. The van der Waals surface area contributed by atoms with Gasteiger partial charge in [0.05, 0.1) is 13.2 Å². The third-order valence-corrected chi connectivity index (χ3v) is 11.7. The second-order valence-corrected chi connectivity index (χ2v) is 17.2. The second kappa shape index (κ2) is 39.6. The molecule has 1 aliphatic rings. The minimum atomic E-state index is -0.720. The molecule has 0 saturated carbocycles. The Labute approximate surface area is 352 Å². The average Bonchev–Trinajstić information content (AvgIpc) is 3.52. The summed E-state index contributed by atoms with van der Waals surface area (Å²) in [5, 5.41) is 21.0. The molecule has 0 spiro atoms. The Balaban J connectivity index is 2.30. The first kappa shape index (κ1) is 53.1. The molecule has 1 atom stereocenters. The highest BCUT2D eigenvalue weighted by molar-refractivity contribution is 5.76. The van der Waals surface area contributed by atoms with E-state index in [2.05, 4.69) is 31.0 Å². The van der Waals surface area contributed by atoms with Crippen LogP contribution in [0, 0.1) is 5.41 Å². The number of amides is 2. The zero-order chi connectivity index (χ0) is 41.4. The maximum Gasteiger partial charge on any atom is 0.319 e. The van der Waals surface area contributed by atoms with Crippen LogP contribution in [0.3, 0.4) is 0 Å². The molecule has 9 nitrogen and oxygen atoms in total. The highest BCUT2D eigenvalue weighted by atomic mass is 16.5. The fourth-order valence-corrected chi connectivity index (χ4v) is 8.00. The molecule has 1 saturated heterocycles. The Kier molecular flexibility index (Phi) is 36.9. The highest BCUT2D eigenvalue weighted by Gasteiger charge is 2.28. The minimum Gasteiger partial charge on any atom is -0.481 e. The number of nitrogens with one attached hydrogen (secondary N) is 2. The number of unbranched alkanes of at least 4 members (excludes halogenated alkanes) is 24. The average molecular weight is 807 g/mol. The van der Waals surface area contributed by atoms with Crippen LogP contribution >= 0.6 is 0 Å². The van der Waals surface area contributed by atoms with Gasteiger partial charge in [-0.15, -0.1) is 0 Å². The first-order chi connectivity index (χ1) is 27.9. The van der Waals surface area contributed by atoms with Crippen LogP contribution in [0.1, 0.15) is 239 Å². The third kappa shape index (κ3) is 32.6. The summed E-state index contributed by atoms with van der Waals surface area (Å²) in [6.45, 7) is 11.4. The second-order valence-electron chi connectivity index (χ2n) is 17.2. The maximum absolute atomic E-state index is 12.8. The van der Waals surface area contributed by atoms with E-state index >= 15 is 0 Å². The fraction of sp³-hybridized carbons (Fsp3) is 0.938. The van der Waals surface area contributed by atoms with Crippen LogP contribution in [-0.4, -0.2) is 84.5 Å². The number of carbonyl (C=O) groups is 2. The molecule has 0 aromatic rings. The number of esters is 1. The number of aliphatic hydroxyl groups is 1. The molecule has 0 aromatic carbocycles. The normalized spacial score (nSPS) is 14.2. The molecule has 1 unspecified atom stereocenters. The van der Waals surface area contributed by atoms with Gasteiger partial charge in [-0.25, -0.2) is 4.79 Å². The lowest BCUT2D eigenvalue weighted by molar-refractivity contribution is -0.150. The molecule has 2 amide bonds. The number of carbonyl (C=O) groups excluding carboxylic acids is 2. The summed E-state index contributed by atoms with van der Waals surface area (Å²) in [6.07, 6.45) is 38.8. The van der Waals surface area contributed by atoms with Gasteiger partial charge in [0.25, 0.3) is 0 Å². The Morgan fingerprint density at radius 3 is 1.60 bits per heavy atom. The van der Waals surface area contributed by atoms with Gasteiger partial charge in [0.1, 0.15) is 12.3 Å². The predicted octanol–water partition coefficient (Wildman–Crippen LogP) is 12.9. The first-order valence-corrected chi connectivity index (χ1v) is 24.8. The van der Waals surface area contributed by atoms with Crippen molar-refractivity contribution < 1.29 is 24.2 Å². The van der Waals surface area contributed by atoms with E-state index in [0.29, 0.717) is 32.0 Å². The Morgan fingerprint density at radius 1 is 0.649 bits per heavy atom. The third-order valence-electron chi connectivity index (χ3n) is 11.7. The van der Waals surface area contributed by atoms with E-state index in [1.807, 2.05) is 0 Å². The summed E-state index contributed by atoms with van der Waals surface area (Å²) in [5.41, 5.74) is 0. The van der Waals surface area contributed by atoms with Crippen molar-refractivity contribution in [3.05, 3.63) is 0 Å². The molecule has 0 bridgehead atoms. The molecule has 1 rings (SSSR count). The van der Waals surface area contributed by atoms with E-state index in [4.69, 9.17) is 14.9 Å². The van der Waals surface area contributed by atoms with Crippen molar-refractivity contribution in [2.24, 2.45) is 0 Å². The van der Waals surface area contributed by atoms with E-state index in [-0.39, 0.29) is 18.1 Å².